The lowest BCUT2D eigenvalue weighted by Gasteiger charge is -2.30. The largest absolute Gasteiger partial charge is 0.481 e. The summed E-state index contributed by atoms with van der Waals surface area (Å²) in [6, 6.07) is 0. The molecule has 316 valence electrons. The Morgan fingerprint density at radius 3 is 2.39 bits per heavy atom. The van der Waals surface area contributed by atoms with E-state index < -0.39 is 96.0 Å². The molecule has 1 fully saturated rings. The number of nitrogens with one attached hydrogen (secondary N) is 2. The third-order valence-electron chi connectivity index (χ3n) is 7.54. The highest BCUT2D eigenvalue weighted by Gasteiger charge is 2.50. The van der Waals surface area contributed by atoms with Crippen LogP contribution in [0.5, 0.6) is 0 Å². The van der Waals surface area contributed by atoms with Crippen LogP contribution in [0.15, 0.2) is 24.3 Å². The van der Waals surface area contributed by atoms with Crippen molar-refractivity contribution in [3.8, 4) is 0 Å². The fourth-order valence-corrected chi connectivity index (χ4v) is 8.15. The van der Waals surface area contributed by atoms with Crippen molar-refractivity contribution in [3.05, 3.63) is 24.3 Å². The van der Waals surface area contributed by atoms with Gasteiger partial charge >= 0.3 is 29.4 Å². The molecule has 30 heteroatoms. The van der Waals surface area contributed by atoms with E-state index in [9.17, 15) is 63.0 Å². The quantitative estimate of drug-likeness (QED) is 0.0277. The molecule has 12 N–H and O–H groups in total. The number of anilines is 1. The number of rotatable bonds is 22. The lowest BCUT2D eigenvalue weighted by Crippen LogP contribution is -2.46. The van der Waals surface area contributed by atoms with Crippen LogP contribution in [0, 0.1) is 5.41 Å². The van der Waals surface area contributed by atoms with Gasteiger partial charge in [-0.05, 0) is 6.92 Å². The highest BCUT2D eigenvalue weighted by atomic mass is 32.2. The Labute approximate surface area is 321 Å². The van der Waals surface area contributed by atoms with Gasteiger partial charge in [0.2, 0.25) is 11.0 Å². The van der Waals surface area contributed by atoms with Gasteiger partial charge in [-0.3, -0.25) is 33.0 Å². The number of nitrogen functional groups attached to an aromatic ring is 1. The zero-order chi connectivity index (χ0) is 42.2. The number of ether oxygens (including phenoxy) is 1. The molecule has 1 aliphatic rings. The average Bonchev–Trinajstić information content (AvgIpc) is 3.64. The van der Waals surface area contributed by atoms with Crippen molar-refractivity contribution in [1.29, 1.82) is 0 Å². The zero-order valence-electron chi connectivity index (χ0n) is 29.6. The lowest BCUT2D eigenvalue weighted by molar-refractivity contribution is -0.137. The summed E-state index contributed by atoms with van der Waals surface area (Å²) in [5, 5.41) is 44.8. The number of hydrogen-bond donors (Lipinski definition) is 11. The molecule has 26 nitrogen and oxygen atoms in total. The van der Waals surface area contributed by atoms with E-state index in [0.717, 1.165) is 35.1 Å². The van der Waals surface area contributed by atoms with E-state index in [1.54, 1.807) is 0 Å². The van der Waals surface area contributed by atoms with Gasteiger partial charge in [0.15, 0.2) is 17.7 Å². The van der Waals surface area contributed by atoms with Gasteiger partial charge in [0.05, 0.1) is 19.5 Å². The Morgan fingerprint density at radius 1 is 1.09 bits per heavy atom. The summed E-state index contributed by atoms with van der Waals surface area (Å²) < 4.78 is 62.0. The molecule has 0 radical (unpaired) electrons. The number of amides is 1. The summed E-state index contributed by atoms with van der Waals surface area (Å²) in [5.41, 5.74) is 4.09. The molecule has 56 heavy (non-hydrogen) atoms. The number of imidazole rings is 1. The van der Waals surface area contributed by atoms with Gasteiger partial charge in [-0.15, -0.1) is 0 Å². The Morgan fingerprint density at radius 2 is 1.75 bits per heavy atom. The maximum Gasteiger partial charge on any atom is 0.481 e. The van der Waals surface area contributed by atoms with Crippen LogP contribution in [-0.4, -0.2) is 139 Å². The zero-order valence-corrected chi connectivity index (χ0v) is 33.1. The van der Waals surface area contributed by atoms with E-state index in [4.69, 9.17) is 24.6 Å². The van der Waals surface area contributed by atoms with Crippen LogP contribution in [0.4, 0.5) is 5.82 Å². The van der Waals surface area contributed by atoms with Crippen molar-refractivity contribution in [2.45, 2.75) is 64.1 Å². The number of aliphatic carboxylic acids is 1. The first-order valence-electron chi connectivity index (χ1n) is 15.9. The molecular weight excluding hydrogens is 839 g/mol. The van der Waals surface area contributed by atoms with Crippen LogP contribution in [0.25, 0.3) is 11.2 Å². The summed E-state index contributed by atoms with van der Waals surface area (Å²) in [4.78, 5) is 85.9. The Hall–Kier alpha value is -2.78. The second-order valence-corrected chi connectivity index (χ2v) is 17.9. The number of carboxylic acids is 1. The third kappa shape index (κ3) is 14.2. The second kappa shape index (κ2) is 19.8. The standard InChI is InChI=1S/C26H42N7O19P3S/c1-13(25(39)40)8-16(35)56-7-6-28-15(34)4-5-29-23(38)20(37)26(2,3)10-49-55(46,47)52-54(44,45)48-9-14-19(51-53(41,42)43)18(36)24(50-14)33-12-32-17-21(27)30-11-31-22(17)33/h8,11-12,14-15,18-20,24,28,34,36-37H,4-7,9-10H2,1-3H3,(H,29,38)(H,39,40)(H,44,45)(H,46,47)(H2,27,30,31)(H2,41,42,43)/b13-8-/t14-,15+,18-,19-,20+,24-/m1/s1. The van der Waals surface area contributed by atoms with Gasteiger partial charge in [-0.2, -0.15) is 4.31 Å². The predicted molar refractivity (Wildman–Crippen MR) is 189 cm³/mol. The summed E-state index contributed by atoms with van der Waals surface area (Å²) in [6.45, 7) is 1.67. The fourth-order valence-electron chi connectivity index (χ4n) is 4.64. The molecule has 0 spiro atoms. The monoisotopic (exact) mass is 881 g/mol. The minimum Gasteiger partial charge on any atom is -0.478 e. The summed E-state index contributed by atoms with van der Waals surface area (Å²) >= 11 is 0.817. The molecule has 0 aromatic carbocycles. The van der Waals surface area contributed by atoms with Crippen molar-refractivity contribution in [2.24, 2.45) is 5.41 Å². The van der Waals surface area contributed by atoms with E-state index in [2.05, 4.69) is 34.4 Å². The number of nitrogens with two attached hydrogens (primary N) is 1. The fraction of sp³-hybridized carbons (Fsp3) is 0.615. The lowest BCUT2D eigenvalue weighted by atomic mass is 9.87. The normalized spacial score (nSPS) is 22.6. The molecule has 2 unspecified atom stereocenters. The average molecular weight is 882 g/mol. The number of carbonyl (C=O) groups excluding carboxylic acids is 2. The number of phosphoric ester groups is 3. The van der Waals surface area contributed by atoms with E-state index in [-0.39, 0.29) is 47.8 Å². The van der Waals surface area contributed by atoms with Crippen molar-refractivity contribution < 1.29 is 90.7 Å². The minimum atomic E-state index is -5.58. The van der Waals surface area contributed by atoms with Crippen molar-refractivity contribution in [1.82, 2.24) is 30.2 Å². The maximum atomic E-state index is 12.7. The van der Waals surface area contributed by atoms with Gasteiger partial charge < -0.3 is 55.8 Å². The van der Waals surface area contributed by atoms with E-state index in [1.165, 1.54) is 20.8 Å². The van der Waals surface area contributed by atoms with E-state index in [0.29, 0.717) is 0 Å². The Balaban J connectivity index is 1.49. The van der Waals surface area contributed by atoms with Crippen LogP contribution in [-0.2, 0) is 50.7 Å². The number of aliphatic hydroxyl groups excluding tert-OH is 3. The molecule has 2 aromatic rings. The topological polar surface area (TPSA) is 404 Å². The van der Waals surface area contributed by atoms with Crippen LogP contribution >= 0.6 is 35.2 Å². The van der Waals surface area contributed by atoms with Crippen molar-refractivity contribution in [2.75, 3.05) is 37.8 Å². The third-order valence-corrected chi connectivity index (χ3v) is 11.5. The second-order valence-electron chi connectivity index (χ2n) is 12.5. The molecule has 0 saturated carbocycles. The number of phosphoric acid groups is 3. The molecular formula is C26H42N7O19P3S. The smallest absolute Gasteiger partial charge is 0.478 e. The molecule has 1 saturated heterocycles. The Bertz CT molecular complexity index is 1900. The number of thioether (sulfide) groups is 1. The molecule has 1 aliphatic heterocycles. The van der Waals surface area contributed by atoms with Crippen LogP contribution in [0.2, 0.25) is 0 Å². The number of carboxylic acid groups (broad SMARTS) is 1. The summed E-state index contributed by atoms with van der Waals surface area (Å²) in [5.74, 6) is -2.07. The van der Waals surface area contributed by atoms with Crippen molar-refractivity contribution in [3.63, 3.8) is 0 Å². The van der Waals surface area contributed by atoms with Crippen LogP contribution < -0.4 is 16.4 Å². The first-order valence-corrected chi connectivity index (χ1v) is 21.4. The van der Waals surface area contributed by atoms with Gasteiger partial charge in [-0.1, -0.05) is 25.6 Å². The summed E-state index contributed by atoms with van der Waals surface area (Å²) in [7, 11) is -16.4. The number of fused-ring (bicyclic) bond motifs is 1. The van der Waals surface area contributed by atoms with Crippen LogP contribution in [0.3, 0.4) is 0 Å². The highest BCUT2D eigenvalue weighted by Crippen LogP contribution is 2.61. The predicted octanol–water partition coefficient (Wildman–Crippen LogP) is -1.51. The van der Waals surface area contributed by atoms with E-state index >= 15 is 0 Å². The Kier molecular flexibility index (Phi) is 16.8. The van der Waals surface area contributed by atoms with Crippen molar-refractivity contribution >= 4 is 69.2 Å². The molecule has 0 aliphatic carbocycles. The number of aromatic nitrogens is 4. The SMILES string of the molecule is C/C(=C/C(=O)SCCN[C@@H](O)CCNC(=O)[C@H](O)C(C)(C)COP(=O)(O)OP(=O)(O)OC[C@H]1O[C@@H](n2cnc3c(N)ncnc32)[C@H](O)[C@@H]1OP(=O)(O)O)C(=O)O. The molecule has 1 amide bonds. The molecule has 2 aromatic heterocycles. The molecule has 8 atom stereocenters. The number of carbonyl (C=O) groups is 3. The number of nitrogens with zero attached hydrogens (tertiary/aromatic N) is 4. The van der Waals surface area contributed by atoms with Gasteiger partial charge in [0, 0.05) is 42.3 Å². The molecule has 3 heterocycles. The summed E-state index contributed by atoms with van der Waals surface area (Å²) in [6.07, 6.45) is -7.05. The number of hydrogen-bond acceptors (Lipinski definition) is 20. The first kappa shape index (κ1) is 47.6. The first-order chi connectivity index (χ1) is 25.8. The number of aliphatic hydroxyl groups is 3. The molecule has 3 rings (SSSR count). The van der Waals surface area contributed by atoms with Gasteiger partial charge in [-0.25, -0.2) is 33.4 Å². The molecule has 0 bridgehead atoms. The van der Waals surface area contributed by atoms with Gasteiger partial charge in [0.1, 0.15) is 42.5 Å². The van der Waals surface area contributed by atoms with Gasteiger partial charge in [0.25, 0.3) is 0 Å². The highest BCUT2D eigenvalue weighted by molar-refractivity contribution is 8.14. The van der Waals surface area contributed by atoms with Crippen LogP contribution in [0.1, 0.15) is 33.4 Å². The maximum absolute atomic E-state index is 12.7. The van der Waals surface area contributed by atoms with E-state index in [1.807, 2.05) is 0 Å². The minimum absolute atomic E-state index is 0.0216.